The van der Waals surface area contributed by atoms with Crippen LogP contribution < -0.4 is 5.32 Å². The Kier molecular flexibility index (Phi) is 5.60. The minimum Gasteiger partial charge on any atom is -0.339 e. The molecule has 0 aliphatic carbocycles. The van der Waals surface area contributed by atoms with Gasteiger partial charge in [0, 0.05) is 32.2 Å². The van der Waals surface area contributed by atoms with Gasteiger partial charge in [-0.2, -0.15) is 0 Å². The summed E-state index contributed by atoms with van der Waals surface area (Å²) in [5.41, 5.74) is 0. The Morgan fingerprint density at radius 2 is 1.95 bits per heavy atom. The van der Waals surface area contributed by atoms with E-state index in [1.165, 1.54) is 12.8 Å². The minimum absolute atomic E-state index is 0.299. The van der Waals surface area contributed by atoms with Crippen molar-refractivity contribution in [2.45, 2.75) is 25.3 Å². The molecule has 0 bridgehead atoms. The lowest BCUT2D eigenvalue weighted by molar-refractivity contribution is -0.134. The van der Waals surface area contributed by atoms with Crippen LogP contribution in [0.5, 0.6) is 0 Å². The largest absolute Gasteiger partial charge is 0.339 e. The van der Waals surface area contributed by atoms with Crippen molar-refractivity contribution < 1.29 is 4.79 Å². The Balaban J connectivity index is 1.77. The highest BCUT2D eigenvalue weighted by atomic mass is 16.2. The van der Waals surface area contributed by atoms with Gasteiger partial charge in [-0.3, -0.25) is 9.69 Å². The van der Waals surface area contributed by atoms with Crippen molar-refractivity contribution in [3.8, 4) is 0 Å². The van der Waals surface area contributed by atoms with Gasteiger partial charge in [-0.15, -0.1) is 0 Å². The molecular formula is C14H28N4O. The van der Waals surface area contributed by atoms with E-state index in [0.29, 0.717) is 18.5 Å². The molecule has 0 aromatic carbocycles. The van der Waals surface area contributed by atoms with Gasteiger partial charge in [0.15, 0.2) is 0 Å². The predicted molar refractivity (Wildman–Crippen MR) is 77.2 cm³/mol. The third-order valence-corrected chi connectivity index (χ3v) is 4.41. The molecule has 0 spiro atoms. The Labute approximate surface area is 116 Å². The number of hydrogen-bond donors (Lipinski definition) is 1. The first-order chi connectivity index (χ1) is 9.16. The Morgan fingerprint density at radius 3 is 2.68 bits per heavy atom. The standard InChI is InChI=1S/C14H28N4O/c1-16-8-10-18(11-9-16)14(19)12-17(2)13-4-3-6-15-7-5-13/h13,15H,3-12H2,1-2H3. The van der Waals surface area contributed by atoms with Gasteiger partial charge in [0.1, 0.15) is 0 Å². The number of amides is 1. The lowest BCUT2D eigenvalue weighted by atomic mass is 10.1. The average Bonchev–Trinajstić information content (AvgIpc) is 2.68. The second kappa shape index (κ2) is 7.22. The molecule has 19 heavy (non-hydrogen) atoms. The zero-order valence-corrected chi connectivity index (χ0v) is 12.4. The molecule has 0 aromatic rings. The molecule has 2 heterocycles. The summed E-state index contributed by atoms with van der Waals surface area (Å²) in [4.78, 5) is 18.9. The topological polar surface area (TPSA) is 38.8 Å². The maximum atomic E-state index is 12.3. The van der Waals surface area contributed by atoms with Crippen LogP contribution in [0.1, 0.15) is 19.3 Å². The van der Waals surface area contributed by atoms with Gasteiger partial charge in [0.25, 0.3) is 0 Å². The SMILES string of the molecule is CN1CCN(C(=O)CN(C)C2CCCNCC2)CC1. The summed E-state index contributed by atoms with van der Waals surface area (Å²) in [5.74, 6) is 0.299. The van der Waals surface area contributed by atoms with Crippen molar-refractivity contribution in [3.63, 3.8) is 0 Å². The molecular weight excluding hydrogens is 240 g/mol. The first kappa shape index (κ1) is 14.8. The van der Waals surface area contributed by atoms with Crippen LogP contribution in [0.2, 0.25) is 0 Å². The van der Waals surface area contributed by atoms with Gasteiger partial charge in [-0.1, -0.05) is 0 Å². The molecule has 1 unspecified atom stereocenters. The molecule has 2 rings (SSSR count). The molecule has 1 amide bonds. The van der Waals surface area contributed by atoms with E-state index < -0.39 is 0 Å². The Hall–Kier alpha value is -0.650. The van der Waals surface area contributed by atoms with Crippen LogP contribution >= 0.6 is 0 Å². The van der Waals surface area contributed by atoms with E-state index in [0.717, 1.165) is 45.7 Å². The summed E-state index contributed by atoms with van der Waals surface area (Å²) in [6, 6.07) is 0.561. The van der Waals surface area contributed by atoms with Crippen LogP contribution in [0.4, 0.5) is 0 Å². The maximum absolute atomic E-state index is 12.3. The van der Waals surface area contributed by atoms with E-state index in [1.807, 2.05) is 4.90 Å². The van der Waals surface area contributed by atoms with Crippen LogP contribution in [-0.4, -0.2) is 86.6 Å². The van der Waals surface area contributed by atoms with Gasteiger partial charge >= 0.3 is 0 Å². The van der Waals surface area contributed by atoms with Crippen molar-refractivity contribution in [1.29, 1.82) is 0 Å². The molecule has 2 aliphatic rings. The fraction of sp³-hybridized carbons (Fsp3) is 0.929. The van der Waals surface area contributed by atoms with Crippen LogP contribution in [0.25, 0.3) is 0 Å². The van der Waals surface area contributed by atoms with E-state index >= 15 is 0 Å². The third-order valence-electron chi connectivity index (χ3n) is 4.41. The summed E-state index contributed by atoms with van der Waals surface area (Å²) in [6.45, 7) is 6.55. The normalized spacial score (nSPS) is 26.5. The highest BCUT2D eigenvalue weighted by molar-refractivity contribution is 5.78. The highest BCUT2D eigenvalue weighted by Crippen LogP contribution is 2.12. The summed E-state index contributed by atoms with van der Waals surface area (Å²) in [6.07, 6.45) is 3.59. The smallest absolute Gasteiger partial charge is 0.236 e. The van der Waals surface area contributed by atoms with Gasteiger partial charge in [-0.05, 0) is 46.4 Å². The molecule has 2 saturated heterocycles. The third kappa shape index (κ3) is 4.44. The van der Waals surface area contributed by atoms with E-state index in [1.54, 1.807) is 0 Å². The first-order valence-corrected chi connectivity index (χ1v) is 7.54. The molecule has 2 aliphatic heterocycles. The fourth-order valence-corrected chi connectivity index (χ4v) is 2.94. The second-order valence-corrected chi connectivity index (χ2v) is 5.93. The van der Waals surface area contributed by atoms with Crippen molar-refractivity contribution in [2.24, 2.45) is 0 Å². The van der Waals surface area contributed by atoms with Crippen molar-refractivity contribution in [2.75, 3.05) is 59.9 Å². The van der Waals surface area contributed by atoms with Crippen LogP contribution in [0.3, 0.4) is 0 Å². The number of carbonyl (C=O) groups excluding carboxylic acids is 1. The summed E-state index contributed by atoms with van der Waals surface area (Å²) < 4.78 is 0. The number of nitrogens with zero attached hydrogens (tertiary/aromatic N) is 3. The predicted octanol–water partition coefficient (Wildman–Crippen LogP) is -0.166. The van der Waals surface area contributed by atoms with Crippen LogP contribution in [-0.2, 0) is 4.79 Å². The summed E-state index contributed by atoms with van der Waals surface area (Å²) >= 11 is 0. The fourth-order valence-electron chi connectivity index (χ4n) is 2.94. The van der Waals surface area contributed by atoms with Gasteiger partial charge in [-0.25, -0.2) is 0 Å². The monoisotopic (exact) mass is 268 g/mol. The van der Waals surface area contributed by atoms with Gasteiger partial charge in [0.05, 0.1) is 6.54 Å². The first-order valence-electron chi connectivity index (χ1n) is 7.54. The lowest BCUT2D eigenvalue weighted by Gasteiger charge is -2.34. The van der Waals surface area contributed by atoms with Crippen molar-refractivity contribution >= 4 is 5.91 Å². The quantitative estimate of drug-likeness (QED) is 0.772. The highest BCUT2D eigenvalue weighted by Gasteiger charge is 2.23. The van der Waals surface area contributed by atoms with E-state index in [4.69, 9.17) is 0 Å². The Morgan fingerprint density at radius 1 is 1.21 bits per heavy atom. The second-order valence-electron chi connectivity index (χ2n) is 5.93. The Bertz CT molecular complexity index is 281. The molecule has 110 valence electrons. The minimum atomic E-state index is 0.299. The van der Waals surface area contributed by atoms with Crippen LogP contribution in [0.15, 0.2) is 0 Å². The molecule has 1 atom stereocenters. The molecule has 5 heteroatoms. The maximum Gasteiger partial charge on any atom is 0.236 e. The van der Waals surface area contributed by atoms with Gasteiger partial charge < -0.3 is 15.1 Å². The van der Waals surface area contributed by atoms with Gasteiger partial charge in [0.2, 0.25) is 5.91 Å². The van der Waals surface area contributed by atoms with Crippen molar-refractivity contribution in [1.82, 2.24) is 20.0 Å². The number of rotatable bonds is 3. The van der Waals surface area contributed by atoms with Crippen LogP contribution in [0, 0.1) is 0 Å². The zero-order chi connectivity index (χ0) is 13.7. The number of nitrogens with one attached hydrogen (secondary N) is 1. The molecule has 0 saturated carbocycles. The van der Waals surface area contributed by atoms with Crippen molar-refractivity contribution in [3.05, 3.63) is 0 Å². The molecule has 5 nitrogen and oxygen atoms in total. The number of likely N-dealkylation sites (N-methyl/N-ethyl adjacent to an activating group) is 2. The van der Waals surface area contributed by atoms with E-state index in [2.05, 4.69) is 29.2 Å². The summed E-state index contributed by atoms with van der Waals surface area (Å²) in [5, 5.41) is 3.43. The molecule has 0 aromatic heterocycles. The lowest BCUT2D eigenvalue weighted by Crippen LogP contribution is -2.50. The van der Waals surface area contributed by atoms with E-state index in [9.17, 15) is 4.79 Å². The molecule has 1 N–H and O–H groups in total. The number of carbonyl (C=O) groups is 1. The summed E-state index contributed by atoms with van der Waals surface area (Å²) in [7, 11) is 4.22. The molecule has 0 radical (unpaired) electrons. The molecule has 2 fully saturated rings. The zero-order valence-electron chi connectivity index (χ0n) is 12.4. The average molecular weight is 268 g/mol. The number of hydrogen-bond acceptors (Lipinski definition) is 4. The number of piperazine rings is 1. The van der Waals surface area contributed by atoms with E-state index in [-0.39, 0.29) is 0 Å².